The van der Waals surface area contributed by atoms with Crippen molar-refractivity contribution in [3.05, 3.63) is 0 Å². The van der Waals surface area contributed by atoms with Crippen LogP contribution in [0.2, 0.25) is 0 Å². The van der Waals surface area contributed by atoms with Crippen LogP contribution < -0.4 is 0 Å². The Morgan fingerprint density at radius 3 is 2.00 bits per heavy atom. The lowest BCUT2D eigenvalue weighted by molar-refractivity contribution is -0.160. The van der Waals surface area contributed by atoms with Crippen LogP contribution in [0.5, 0.6) is 0 Å². The van der Waals surface area contributed by atoms with E-state index in [2.05, 4.69) is 13.8 Å². The van der Waals surface area contributed by atoms with Gasteiger partial charge in [-0.05, 0) is 32.6 Å². The van der Waals surface area contributed by atoms with Crippen LogP contribution in [-0.4, -0.2) is 48.7 Å². The molecule has 0 saturated carbocycles. The number of amides is 1. The van der Waals surface area contributed by atoms with E-state index in [0.717, 1.165) is 6.42 Å². The van der Waals surface area contributed by atoms with Gasteiger partial charge in [0.05, 0.1) is 18.6 Å². The minimum atomic E-state index is -0.527. The third-order valence-electron chi connectivity index (χ3n) is 4.12. The molecule has 1 amide bonds. The number of carbonyl (C=O) groups excluding carboxylic acids is 2. The van der Waals surface area contributed by atoms with E-state index in [-0.39, 0.29) is 36.4 Å². The molecule has 0 radical (unpaired) electrons. The molecule has 3 atom stereocenters. The van der Waals surface area contributed by atoms with Crippen LogP contribution in [0.1, 0.15) is 67.7 Å². The lowest BCUT2D eigenvalue weighted by atomic mass is 9.90. The zero-order chi connectivity index (χ0) is 19.1. The van der Waals surface area contributed by atoms with Gasteiger partial charge in [0.25, 0.3) is 0 Å². The molecule has 0 fully saturated rings. The lowest BCUT2D eigenvalue weighted by Crippen LogP contribution is -2.50. The van der Waals surface area contributed by atoms with E-state index in [1.165, 1.54) is 0 Å². The molecular weight excluding hydrogens is 306 g/mol. The minimum Gasteiger partial charge on any atom is -0.460 e. The average molecular weight is 344 g/mol. The summed E-state index contributed by atoms with van der Waals surface area (Å²) in [5.74, 6) is 0.303. The highest BCUT2D eigenvalue weighted by atomic mass is 16.6. The highest BCUT2D eigenvalue weighted by Gasteiger charge is 2.34. The molecule has 0 bridgehead atoms. The second-order valence-electron chi connectivity index (χ2n) is 8.04. The number of hydrogen-bond acceptors (Lipinski definition) is 4. The normalized spacial score (nSPS) is 15.8. The molecule has 0 spiro atoms. The maximum atomic E-state index is 12.5. The first-order chi connectivity index (χ1) is 10.9. The molecule has 5 nitrogen and oxygen atoms in total. The van der Waals surface area contributed by atoms with Gasteiger partial charge in [0, 0.05) is 20.6 Å². The zero-order valence-electron chi connectivity index (χ0n) is 17.0. The Kier molecular flexibility index (Phi) is 9.56. The molecule has 0 aliphatic rings. The maximum Gasteiger partial charge on any atom is 0.309 e. The van der Waals surface area contributed by atoms with Gasteiger partial charge in [0.1, 0.15) is 5.60 Å². The predicted molar refractivity (Wildman–Crippen MR) is 96.7 cm³/mol. The second-order valence-corrected chi connectivity index (χ2v) is 8.04. The summed E-state index contributed by atoms with van der Waals surface area (Å²) in [7, 11) is 3.40. The van der Waals surface area contributed by atoms with Crippen LogP contribution in [0.15, 0.2) is 0 Å². The molecule has 0 aromatic heterocycles. The van der Waals surface area contributed by atoms with E-state index in [9.17, 15) is 9.59 Å². The number of carbonyl (C=O) groups is 2. The zero-order valence-corrected chi connectivity index (χ0v) is 17.0. The number of likely N-dealkylation sites (N-methyl/N-ethyl adjacent to an activating group) is 1. The molecule has 142 valence electrons. The van der Waals surface area contributed by atoms with Crippen molar-refractivity contribution in [1.82, 2.24) is 4.90 Å². The molecule has 3 unspecified atom stereocenters. The molecule has 5 heteroatoms. The summed E-state index contributed by atoms with van der Waals surface area (Å²) in [5, 5.41) is 0. The summed E-state index contributed by atoms with van der Waals surface area (Å²) in [6.07, 6.45) is 1.16. The molecule has 0 N–H and O–H groups in total. The van der Waals surface area contributed by atoms with Gasteiger partial charge < -0.3 is 14.4 Å². The third-order valence-corrected chi connectivity index (χ3v) is 4.12. The number of nitrogens with zero attached hydrogens (tertiary/aromatic N) is 1. The monoisotopic (exact) mass is 343 g/mol. The van der Waals surface area contributed by atoms with Crippen LogP contribution >= 0.6 is 0 Å². The molecule has 0 rings (SSSR count). The van der Waals surface area contributed by atoms with Crippen molar-refractivity contribution < 1.29 is 19.1 Å². The molecular formula is C19H37NO4. The summed E-state index contributed by atoms with van der Waals surface area (Å²) < 4.78 is 11.0. The summed E-state index contributed by atoms with van der Waals surface area (Å²) in [6.45, 7) is 13.8. The minimum absolute atomic E-state index is 0.0848. The smallest absolute Gasteiger partial charge is 0.309 e. The van der Waals surface area contributed by atoms with E-state index >= 15 is 0 Å². The largest absolute Gasteiger partial charge is 0.460 e. The maximum absolute atomic E-state index is 12.5. The third kappa shape index (κ3) is 8.13. The van der Waals surface area contributed by atoms with Crippen molar-refractivity contribution in [2.24, 2.45) is 11.8 Å². The van der Waals surface area contributed by atoms with Crippen LogP contribution in [0.4, 0.5) is 0 Å². The highest BCUT2D eigenvalue weighted by molar-refractivity contribution is 5.77. The fraction of sp³-hybridized carbons (Fsp3) is 0.895. The predicted octanol–water partition coefficient (Wildman–Crippen LogP) is 3.65. The first-order valence-corrected chi connectivity index (χ1v) is 8.93. The Bertz CT molecular complexity index is 401. The van der Waals surface area contributed by atoms with Gasteiger partial charge in [-0.2, -0.15) is 0 Å². The van der Waals surface area contributed by atoms with Crippen molar-refractivity contribution in [3.63, 3.8) is 0 Å². The van der Waals surface area contributed by atoms with Crippen LogP contribution in [0.3, 0.4) is 0 Å². The van der Waals surface area contributed by atoms with Crippen molar-refractivity contribution >= 4 is 11.9 Å². The second kappa shape index (κ2) is 10.0. The van der Waals surface area contributed by atoms with Crippen molar-refractivity contribution in [1.29, 1.82) is 0 Å². The summed E-state index contributed by atoms with van der Waals surface area (Å²) >= 11 is 0. The van der Waals surface area contributed by atoms with Gasteiger partial charge in [0.2, 0.25) is 5.91 Å². The number of hydrogen-bond donors (Lipinski definition) is 0. The standard InChI is InChI=1S/C19H37NO4/c1-10-14(4)18(20(8)16(21)11-13(2)3)15(23-9)12-17(22)24-19(5,6)7/h13-15,18H,10-12H2,1-9H3. The van der Waals surface area contributed by atoms with E-state index in [1.807, 2.05) is 41.7 Å². The quantitative estimate of drug-likeness (QED) is 0.600. The average Bonchev–Trinajstić information content (AvgIpc) is 2.43. The fourth-order valence-electron chi connectivity index (χ4n) is 2.79. The van der Waals surface area contributed by atoms with Crippen molar-refractivity contribution in [2.75, 3.05) is 14.2 Å². The summed E-state index contributed by atoms with van der Waals surface area (Å²) in [5.41, 5.74) is -0.527. The summed E-state index contributed by atoms with van der Waals surface area (Å²) in [6, 6.07) is -0.154. The number of methoxy groups -OCH3 is 1. The van der Waals surface area contributed by atoms with Gasteiger partial charge in [-0.25, -0.2) is 0 Å². The molecule has 0 heterocycles. The van der Waals surface area contributed by atoms with Crippen LogP contribution in [0.25, 0.3) is 0 Å². The van der Waals surface area contributed by atoms with Gasteiger partial charge in [0.15, 0.2) is 0 Å². The van der Waals surface area contributed by atoms with Crippen molar-refractivity contribution in [2.45, 2.75) is 85.5 Å². The van der Waals surface area contributed by atoms with Crippen molar-refractivity contribution in [3.8, 4) is 0 Å². The Morgan fingerprint density at radius 2 is 1.62 bits per heavy atom. The number of ether oxygens (including phenoxy) is 2. The Morgan fingerprint density at radius 1 is 1.08 bits per heavy atom. The molecule has 0 aromatic rings. The Hall–Kier alpha value is -1.10. The fourth-order valence-corrected chi connectivity index (χ4v) is 2.79. The number of esters is 1. The van der Waals surface area contributed by atoms with Gasteiger partial charge in [-0.3, -0.25) is 9.59 Å². The van der Waals surface area contributed by atoms with Crippen LogP contribution in [-0.2, 0) is 19.1 Å². The SMILES string of the molecule is CCC(C)C(C(CC(=O)OC(C)(C)C)OC)N(C)C(=O)CC(C)C. The van der Waals surface area contributed by atoms with Crippen LogP contribution in [0, 0.1) is 11.8 Å². The molecule has 0 aliphatic heterocycles. The highest BCUT2D eigenvalue weighted by Crippen LogP contribution is 2.23. The Balaban J connectivity index is 5.23. The first-order valence-electron chi connectivity index (χ1n) is 8.93. The molecule has 0 aliphatic carbocycles. The van der Waals surface area contributed by atoms with E-state index in [0.29, 0.717) is 12.3 Å². The Labute approximate surface area is 148 Å². The van der Waals surface area contributed by atoms with E-state index in [4.69, 9.17) is 9.47 Å². The van der Waals surface area contributed by atoms with Gasteiger partial charge in [-0.15, -0.1) is 0 Å². The first kappa shape index (κ1) is 22.9. The van der Waals surface area contributed by atoms with Gasteiger partial charge in [-0.1, -0.05) is 34.1 Å². The van der Waals surface area contributed by atoms with E-state index < -0.39 is 5.60 Å². The molecule has 24 heavy (non-hydrogen) atoms. The van der Waals surface area contributed by atoms with Gasteiger partial charge >= 0.3 is 5.97 Å². The molecule has 0 aromatic carbocycles. The topological polar surface area (TPSA) is 55.8 Å². The molecule has 0 saturated heterocycles. The summed E-state index contributed by atoms with van der Waals surface area (Å²) in [4.78, 5) is 26.5. The number of rotatable bonds is 9. The lowest BCUT2D eigenvalue weighted by Gasteiger charge is -2.38. The van der Waals surface area contributed by atoms with E-state index in [1.54, 1.807) is 12.0 Å².